The summed E-state index contributed by atoms with van der Waals surface area (Å²) in [6.45, 7) is 0.189. The van der Waals surface area contributed by atoms with Crippen LogP contribution in [0.15, 0.2) is 79.1 Å². The number of rotatable bonds is 5. The van der Waals surface area contributed by atoms with Crippen molar-refractivity contribution < 1.29 is 19.2 Å². The lowest BCUT2D eigenvalue weighted by atomic mass is 9.98. The van der Waals surface area contributed by atoms with Crippen LogP contribution in [-0.2, 0) is 11.8 Å². The van der Waals surface area contributed by atoms with E-state index in [0.29, 0.717) is 16.9 Å². The first-order chi connectivity index (χ1) is 17.6. The Balaban J connectivity index is 1.13. The predicted octanol–water partition coefficient (Wildman–Crippen LogP) is 3.79. The second kappa shape index (κ2) is 8.66. The third kappa shape index (κ3) is 3.74. The van der Waals surface area contributed by atoms with Crippen LogP contribution in [0.25, 0.3) is 22.3 Å². The van der Waals surface area contributed by atoms with Gasteiger partial charge in [0.25, 0.3) is 0 Å². The van der Waals surface area contributed by atoms with Crippen LogP contribution in [-0.4, -0.2) is 43.4 Å². The van der Waals surface area contributed by atoms with Gasteiger partial charge in [-0.05, 0) is 45.7 Å². The molecule has 0 atom stereocenters. The molecule has 0 bridgehead atoms. The lowest BCUT2D eigenvalue weighted by Crippen LogP contribution is -2.22. The maximum atomic E-state index is 12.7. The highest BCUT2D eigenvalue weighted by atomic mass is 16.7. The van der Waals surface area contributed by atoms with E-state index in [4.69, 9.17) is 9.57 Å². The molecule has 1 aliphatic rings. The molecule has 0 spiro atoms. The average Bonchev–Trinajstić information content (AvgIpc) is 3.56. The summed E-state index contributed by atoms with van der Waals surface area (Å²) >= 11 is 0. The number of nitrogens with zero attached hydrogens (tertiary/aromatic N) is 5. The number of nitrogens with one attached hydrogen (secondary N) is 1. The molecule has 1 aliphatic carbocycles. The van der Waals surface area contributed by atoms with E-state index in [2.05, 4.69) is 44.9 Å². The molecular formula is C26H20N6O4. The molecule has 0 saturated heterocycles. The van der Waals surface area contributed by atoms with Crippen molar-refractivity contribution >= 4 is 28.9 Å². The van der Waals surface area contributed by atoms with Gasteiger partial charge in [-0.25, -0.2) is 14.6 Å². The van der Waals surface area contributed by atoms with Crippen LogP contribution in [0.4, 0.5) is 10.5 Å². The average molecular weight is 480 g/mol. The molecule has 6 rings (SSSR count). The minimum absolute atomic E-state index is 0.0449. The van der Waals surface area contributed by atoms with E-state index >= 15 is 0 Å². The fourth-order valence-electron chi connectivity index (χ4n) is 4.53. The maximum absolute atomic E-state index is 12.7. The topological polar surface area (TPSA) is 113 Å². The summed E-state index contributed by atoms with van der Waals surface area (Å²) in [6, 6.07) is 21.1. The van der Waals surface area contributed by atoms with E-state index < -0.39 is 12.1 Å². The van der Waals surface area contributed by atoms with Gasteiger partial charge >= 0.3 is 12.1 Å². The Kier molecular flexibility index (Phi) is 5.18. The van der Waals surface area contributed by atoms with Crippen LogP contribution in [0, 0.1) is 0 Å². The molecule has 0 radical (unpaired) electrons. The first kappa shape index (κ1) is 21.5. The van der Waals surface area contributed by atoms with Gasteiger partial charge in [-0.1, -0.05) is 53.4 Å². The lowest BCUT2D eigenvalue weighted by molar-refractivity contribution is 0.0397. The fourth-order valence-corrected chi connectivity index (χ4v) is 4.53. The molecule has 2 aromatic carbocycles. The number of aromatic nitrogens is 5. The lowest BCUT2D eigenvalue weighted by Gasteiger charge is -2.14. The van der Waals surface area contributed by atoms with E-state index in [1.807, 2.05) is 24.3 Å². The van der Waals surface area contributed by atoms with Gasteiger partial charge in [0.2, 0.25) is 5.65 Å². The summed E-state index contributed by atoms with van der Waals surface area (Å²) in [6.07, 6.45) is 2.55. The number of benzene rings is 2. The number of hydrogen-bond donors (Lipinski definition) is 1. The zero-order valence-electron chi connectivity index (χ0n) is 19.2. The summed E-state index contributed by atoms with van der Waals surface area (Å²) in [5.41, 5.74) is 5.99. The van der Waals surface area contributed by atoms with E-state index in [1.54, 1.807) is 36.1 Å². The Morgan fingerprint density at radius 1 is 1.00 bits per heavy atom. The van der Waals surface area contributed by atoms with Gasteiger partial charge in [-0.3, -0.25) is 5.32 Å². The van der Waals surface area contributed by atoms with Crippen molar-refractivity contribution in [2.75, 3.05) is 11.9 Å². The fraction of sp³-hybridized carbons (Fsp3) is 0.115. The van der Waals surface area contributed by atoms with Gasteiger partial charge in [0.05, 0.1) is 5.69 Å². The van der Waals surface area contributed by atoms with E-state index in [0.717, 1.165) is 27.1 Å². The van der Waals surface area contributed by atoms with Gasteiger partial charge in [0.1, 0.15) is 12.3 Å². The Hall–Kier alpha value is -4.99. The van der Waals surface area contributed by atoms with Crippen molar-refractivity contribution in [2.45, 2.75) is 5.92 Å². The Morgan fingerprint density at radius 2 is 1.72 bits per heavy atom. The van der Waals surface area contributed by atoms with E-state index in [1.165, 1.54) is 6.07 Å². The van der Waals surface area contributed by atoms with Crippen molar-refractivity contribution in [3.05, 3.63) is 95.9 Å². The van der Waals surface area contributed by atoms with Gasteiger partial charge in [-0.15, -0.1) is 5.10 Å². The van der Waals surface area contributed by atoms with Crippen molar-refractivity contribution in [3.63, 3.8) is 0 Å². The highest BCUT2D eigenvalue weighted by molar-refractivity contribution is 5.92. The molecule has 1 amide bonds. The van der Waals surface area contributed by atoms with Crippen LogP contribution in [0.1, 0.15) is 27.5 Å². The largest absolute Gasteiger partial charge is 0.448 e. The van der Waals surface area contributed by atoms with E-state index in [-0.39, 0.29) is 18.2 Å². The molecule has 0 saturated carbocycles. The normalized spacial score (nSPS) is 12.2. The molecular weight excluding hydrogens is 460 g/mol. The number of ether oxygens (including phenoxy) is 1. The SMILES string of the molecule is Cn1cc(NC(=O)OCC2c3ccccc3-c3ccccc32)cc1C(=O)On1nnc2ncccc21. The molecule has 3 heterocycles. The maximum Gasteiger partial charge on any atom is 0.411 e. The van der Waals surface area contributed by atoms with Crippen LogP contribution < -0.4 is 10.2 Å². The van der Waals surface area contributed by atoms with Gasteiger partial charge in [-0.2, -0.15) is 0 Å². The van der Waals surface area contributed by atoms with Crippen molar-refractivity contribution in [3.8, 4) is 11.1 Å². The molecule has 0 unspecified atom stereocenters. The number of aryl methyl sites for hydroxylation is 1. The quantitative estimate of drug-likeness (QED) is 0.381. The van der Waals surface area contributed by atoms with Crippen LogP contribution in [0.2, 0.25) is 0 Å². The second-order valence-electron chi connectivity index (χ2n) is 8.36. The molecule has 10 heteroatoms. The molecule has 1 N–H and O–H groups in total. The molecule has 3 aromatic heterocycles. The third-order valence-corrected chi connectivity index (χ3v) is 6.17. The number of fused-ring (bicyclic) bond motifs is 4. The standard InChI is InChI=1S/C26H20N6O4/c1-31-14-16(13-23(31)25(33)36-32-22-11-6-12-27-24(22)29-30-32)28-26(34)35-15-21-19-9-4-2-7-17(19)18-8-3-5-10-20(18)21/h2-14,21H,15H2,1H3,(H,28,34). The second-order valence-corrected chi connectivity index (χ2v) is 8.36. The van der Waals surface area contributed by atoms with Crippen molar-refractivity contribution in [2.24, 2.45) is 7.05 Å². The summed E-state index contributed by atoms with van der Waals surface area (Å²) in [4.78, 5) is 35.7. The Morgan fingerprint density at radius 3 is 2.47 bits per heavy atom. The number of carbonyl (C=O) groups excluding carboxylic acids is 2. The van der Waals surface area contributed by atoms with Crippen molar-refractivity contribution in [1.29, 1.82) is 0 Å². The molecule has 36 heavy (non-hydrogen) atoms. The third-order valence-electron chi connectivity index (χ3n) is 6.17. The first-order valence-corrected chi connectivity index (χ1v) is 11.3. The number of anilines is 1. The van der Waals surface area contributed by atoms with Crippen molar-refractivity contribution in [1.82, 2.24) is 24.7 Å². The van der Waals surface area contributed by atoms with Gasteiger partial charge < -0.3 is 14.1 Å². The minimum Gasteiger partial charge on any atom is -0.448 e. The minimum atomic E-state index is -0.672. The molecule has 178 valence electrons. The number of amides is 1. The van der Waals surface area contributed by atoms with Crippen LogP contribution >= 0.6 is 0 Å². The first-order valence-electron chi connectivity index (χ1n) is 11.3. The Labute approximate surface area is 205 Å². The smallest absolute Gasteiger partial charge is 0.411 e. The van der Waals surface area contributed by atoms with Crippen LogP contribution in [0.5, 0.6) is 0 Å². The number of pyridine rings is 1. The predicted molar refractivity (Wildman–Crippen MR) is 130 cm³/mol. The molecule has 5 aromatic rings. The zero-order chi connectivity index (χ0) is 24.6. The Bertz CT molecular complexity index is 1580. The van der Waals surface area contributed by atoms with Gasteiger partial charge in [0, 0.05) is 25.4 Å². The monoisotopic (exact) mass is 480 g/mol. The summed E-state index contributed by atoms with van der Waals surface area (Å²) < 4.78 is 7.12. The van der Waals surface area contributed by atoms with Crippen LogP contribution in [0.3, 0.4) is 0 Å². The van der Waals surface area contributed by atoms with Gasteiger partial charge in [0.15, 0.2) is 5.52 Å². The number of carbonyl (C=O) groups is 2. The summed E-state index contributed by atoms with van der Waals surface area (Å²) in [7, 11) is 1.67. The molecule has 0 fully saturated rings. The number of hydrogen-bond acceptors (Lipinski definition) is 7. The zero-order valence-corrected chi connectivity index (χ0v) is 19.2. The highest BCUT2D eigenvalue weighted by Gasteiger charge is 2.29. The molecule has 0 aliphatic heterocycles. The van der Waals surface area contributed by atoms with E-state index in [9.17, 15) is 9.59 Å². The summed E-state index contributed by atoms with van der Waals surface area (Å²) in [5.74, 6) is -0.717. The summed E-state index contributed by atoms with van der Waals surface area (Å²) in [5, 5.41) is 10.3. The molecule has 10 nitrogen and oxygen atoms in total. The highest BCUT2D eigenvalue weighted by Crippen LogP contribution is 2.44.